The predicted octanol–water partition coefficient (Wildman–Crippen LogP) is 5.94. The van der Waals surface area contributed by atoms with Crippen LogP contribution in [0.4, 0.5) is 5.69 Å². The number of aromatic carboxylic acids is 2. The van der Waals surface area contributed by atoms with Crippen LogP contribution in [0.1, 0.15) is 31.8 Å². The van der Waals surface area contributed by atoms with E-state index in [4.69, 9.17) is 5.11 Å². The number of carboxylic acids is 2. The number of carbonyl (C=O) groups is 3. The van der Waals surface area contributed by atoms with Gasteiger partial charge in [-0.25, -0.2) is 13.9 Å². The molecule has 0 saturated heterocycles. The number of benzene rings is 4. The van der Waals surface area contributed by atoms with Gasteiger partial charge in [-0.2, -0.15) is 0 Å². The summed E-state index contributed by atoms with van der Waals surface area (Å²) >= 11 is 1.43. The second-order valence-corrected chi connectivity index (χ2v) is 10.5. The van der Waals surface area contributed by atoms with E-state index in [2.05, 4.69) is 0 Å². The van der Waals surface area contributed by atoms with Crippen molar-refractivity contribution in [1.29, 1.82) is 0 Å². The van der Waals surface area contributed by atoms with Crippen LogP contribution >= 0.6 is 11.9 Å². The molecule has 0 unspecified atom stereocenters. The SMILES string of the molecule is Cc1ccc(SN(C)CC(=O)N(Cc2ccc(-c3ccc(C(=O)O)cc3)cc2)c2ccc(C(=O)O)c(O)c2)cc1. The Balaban J connectivity index is 1.56. The van der Waals surface area contributed by atoms with E-state index < -0.39 is 17.7 Å². The van der Waals surface area contributed by atoms with Crippen LogP contribution in [0, 0.1) is 6.92 Å². The van der Waals surface area contributed by atoms with Gasteiger partial charge in [0.2, 0.25) is 5.91 Å². The van der Waals surface area contributed by atoms with Gasteiger partial charge in [-0.05, 0) is 79.0 Å². The average Bonchev–Trinajstić information content (AvgIpc) is 2.93. The quantitative estimate of drug-likeness (QED) is 0.206. The summed E-state index contributed by atoms with van der Waals surface area (Å²) in [5.74, 6) is -2.91. The lowest BCUT2D eigenvalue weighted by molar-refractivity contribution is -0.118. The minimum atomic E-state index is -1.26. The van der Waals surface area contributed by atoms with Gasteiger partial charge in [0, 0.05) is 16.6 Å². The number of amides is 1. The lowest BCUT2D eigenvalue weighted by Gasteiger charge is -2.26. The number of nitrogens with zero attached hydrogens (tertiary/aromatic N) is 2. The molecule has 4 aromatic rings. The number of rotatable bonds is 10. The molecule has 1 amide bonds. The zero-order valence-electron chi connectivity index (χ0n) is 21.9. The van der Waals surface area contributed by atoms with Crippen molar-refractivity contribution in [2.75, 3.05) is 18.5 Å². The van der Waals surface area contributed by atoms with Crippen LogP contribution in [-0.2, 0) is 11.3 Å². The van der Waals surface area contributed by atoms with Crippen molar-refractivity contribution in [1.82, 2.24) is 4.31 Å². The molecule has 0 aliphatic carbocycles. The molecule has 0 spiro atoms. The first-order valence-corrected chi connectivity index (χ1v) is 13.1. The van der Waals surface area contributed by atoms with Gasteiger partial charge in [0.15, 0.2) is 0 Å². The summed E-state index contributed by atoms with van der Waals surface area (Å²) in [6, 6.07) is 26.1. The van der Waals surface area contributed by atoms with E-state index in [0.717, 1.165) is 27.1 Å². The first-order valence-electron chi connectivity index (χ1n) is 12.4. The topological polar surface area (TPSA) is 118 Å². The molecule has 0 radical (unpaired) electrons. The Kier molecular flexibility index (Phi) is 8.88. The predicted molar refractivity (Wildman–Crippen MR) is 155 cm³/mol. The fourth-order valence-electron chi connectivity index (χ4n) is 4.07. The van der Waals surface area contributed by atoms with Crippen LogP contribution in [0.5, 0.6) is 5.75 Å². The minimum absolute atomic E-state index is 0.0635. The minimum Gasteiger partial charge on any atom is -0.507 e. The van der Waals surface area contributed by atoms with E-state index in [9.17, 15) is 24.6 Å². The summed E-state index contributed by atoms with van der Waals surface area (Å²) in [5, 5.41) is 28.7. The lowest BCUT2D eigenvalue weighted by atomic mass is 10.0. The first-order chi connectivity index (χ1) is 19.1. The second kappa shape index (κ2) is 12.5. The van der Waals surface area contributed by atoms with Gasteiger partial charge in [-0.1, -0.05) is 54.1 Å². The maximum Gasteiger partial charge on any atom is 0.339 e. The van der Waals surface area contributed by atoms with Gasteiger partial charge in [0.05, 0.1) is 18.7 Å². The van der Waals surface area contributed by atoms with Crippen molar-refractivity contribution >= 4 is 35.5 Å². The molecule has 0 atom stereocenters. The van der Waals surface area contributed by atoms with E-state index in [0.29, 0.717) is 5.69 Å². The van der Waals surface area contributed by atoms with Crippen molar-refractivity contribution in [3.05, 3.63) is 113 Å². The largest absolute Gasteiger partial charge is 0.507 e. The fraction of sp³-hybridized carbons (Fsp3) is 0.129. The summed E-state index contributed by atoms with van der Waals surface area (Å²) in [6.07, 6.45) is 0. The van der Waals surface area contributed by atoms with E-state index >= 15 is 0 Å². The van der Waals surface area contributed by atoms with Crippen molar-refractivity contribution in [3.8, 4) is 16.9 Å². The molecule has 0 aliphatic rings. The number of carbonyl (C=O) groups excluding carboxylic acids is 1. The molecule has 4 rings (SSSR count). The molecular weight excluding hydrogens is 528 g/mol. The first kappa shape index (κ1) is 28.4. The molecular formula is C31H28N2O6S. The number of phenols is 1. The third kappa shape index (κ3) is 7.07. The summed E-state index contributed by atoms with van der Waals surface area (Å²) in [7, 11) is 1.82. The average molecular weight is 557 g/mol. The van der Waals surface area contributed by atoms with Crippen LogP contribution < -0.4 is 4.90 Å². The summed E-state index contributed by atoms with van der Waals surface area (Å²) in [5.41, 5.74) is 4.02. The number of aromatic hydroxyl groups is 1. The van der Waals surface area contributed by atoms with Gasteiger partial charge in [-0.15, -0.1) is 0 Å². The van der Waals surface area contributed by atoms with Crippen molar-refractivity contribution in [2.45, 2.75) is 18.4 Å². The number of likely N-dealkylation sites (N-methyl/N-ethyl adjacent to an activating group) is 1. The summed E-state index contributed by atoms with van der Waals surface area (Å²) in [4.78, 5) is 38.6. The monoisotopic (exact) mass is 556 g/mol. The summed E-state index contributed by atoms with van der Waals surface area (Å²) < 4.78 is 1.81. The summed E-state index contributed by atoms with van der Waals surface area (Å²) in [6.45, 7) is 2.26. The molecule has 0 fully saturated rings. The maximum atomic E-state index is 13.5. The molecule has 9 heteroatoms. The number of anilines is 1. The highest BCUT2D eigenvalue weighted by molar-refractivity contribution is 7.97. The Morgan fingerprint density at radius 3 is 1.93 bits per heavy atom. The zero-order valence-corrected chi connectivity index (χ0v) is 22.8. The van der Waals surface area contributed by atoms with E-state index in [-0.39, 0.29) is 30.1 Å². The van der Waals surface area contributed by atoms with Crippen LogP contribution in [0.25, 0.3) is 11.1 Å². The van der Waals surface area contributed by atoms with Gasteiger partial charge < -0.3 is 20.2 Å². The van der Waals surface area contributed by atoms with Gasteiger partial charge in [0.25, 0.3) is 0 Å². The number of hydrogen-bond donors (Lipinski definition) is 3. The fourth-order valence-corrected chi connectivity index (χ4v) is 4.86. The van der Waals surface area contributed by atoms with Crippen LogP contribution in [0.2, 0.25) is 0 Å². The highest BCUT2D eigenvalue weighted by Crippen LogP contribution is 2.28. The number of aryl methyl sites for hydroxylation is 1. The van der Waals surface area contributed by atoms with Crippen LogP contribution in [-0.4, -0.2) is 51.1 Å². The molecule has 0 heterocycles. The zero-order chi connectivity index (χ0) is 28.8. The Morgan fingerprint density at radius 1 is 0.775 bits per heavy atom. The van der Waals surface area contributed by atoms with E-state index in [1.165, 1.54) is 35.0 Å². The van der Waals surface area contributed by atoms with E-state index in [1.54, 1.807) is 24.3 Å². The number of carboxylic acid groups (broad SMARTS) is 2. The molecule has 40 heavy (non-hydrogen) atoms. The van der Waals surface area contributed by atoms with Crippen LogP contribution in [0.3, 0.4) is 0 Å². The molecule has 4 aromatic carbocycles. The Labute approximate surface area is 236 Å². The number of hydrogen-bond acceptors (Lipinski definition) is 6. The molecule has 204 valence electrons. The Bertz CT molecular complexity index is 1520. The molecule has 0 aromatic heterocycles. The molecule has 8 nitrogen and oxygen atoms in total. The maximum absolute atomic E-state index is 13.5. The molecule has 0 aliphatic heterocycles. The smallest absolute Gasteiger partial charge is 0.339 e. The lowest BCUT2D eigenvalue weighted by Crippen LogP contribution is -2.36. The highest BCUT2D eigenvalue weighted by atomic mass is 32.2. The second-order valence-electron chi connectivity index (χ2n) is 9.26. The third-order valence-electron chi connectivity index (χ3n) is 6.22. The van der Waals surface area contributed by atoms with Crippen molar-refractivity contribution in [3.63, 3.8) is 0 Å². The highest BCUT2D eigenvalue weighted by Gasteiger charge is 2.21. The third-order valence-corrected chi connectivity index (χ3v) is 7.15. The van der Waals surface area contributed by atoms with Crippen molar-refractivity contribution < 1.29 is 29.7 Å². The van der Waals surface area contributed by atoms with Gasteiger partial charge in [0.1, 0.15) is 11.3 Å². The van der Waals surface area contributed by atoms with Crippen molar-refractivity contribution in [2.24, 2.45) is 0 Å². The van der Waals surface area contributed by atoms with Gasteiger partial charge in [-0.3, -0.25) is 4.79 Å². The molecule has 0 saturated carbocycles. The Morgan fingerprint density at radius 2 is 1.38 bits per heavy atom. The molecule has 3 N–H and O–H groups in total. The standard InChI is InChI=1S/C31H28N2O6S/c1-20-3-14-26(15-4-20)40-32(2)19-29(35)33(25-13-16-27(31(38)39)28(34)17-25)18-21-5-7-22(8-6-21)23-9-11-24(12-10-23)30(36)37/h3-17,34H,18-19H2,1-2H3,(H,36,37)(H,38,39). The van der Waals surface area contributed by atoms with Gasteiger partial charge >= 0.3 is 11.9 Å². The van der Waals surface area contributed by atoms with E-state index in [1.807, 2.05) is 66.8 Å². The normalized spacial score (nSPS) is 10.9. The Hall–Kier alpha value is -4.60. The molecule has 0 bridgehead atoms. The van der Waals surface area contributed by atoms with Crippen LogP contribution in [0.15, 0.2) is 95.9 Å².